The third-order valence-corrected chi connectivity index (χ3v) is 9.99. The van der Waals surface area contributed by atoms with E-state index >= 15 is 0 Å². The summed E-state index contributed by atoms with van der Waals surface area (Å²) in [6, 6.07) is 55.9. The first-order valence-corrected chi connectivity index (χ1v) is 18.1. The van der Waals surface area contributed by atoms with Gasteiger partial charge in [0.25, 0.3) is 0 Å². The minimum atomic E-state index is 0.337. The minimum Gasteiger partial charge on any atom is -0.384 e. The summed E-state index contributed by atoms with van der Waals surface area (Å²) >= 11 is 0. The van der Waals surface area contributed by atoms with Crippen molar-refractivity contribution in [2.75, 3.05) is 6.54 Å². The second kappa shape index (κ2) is 19.2. The van der Waals surface area contributed by atoms with Gasteiger partial charge in [-0.1, -0.05) is 177 Å². The van der Waals surface area contributed by atoms with Crippen LogP contribution in [0.15, 0.2) is 188 Å². The molecule has 0 aliphatic heterocycles. The lowest BCUT2D eigenvalue weighted by molar-refractivity contribution is 0.406. The molecule has 0 saturated heterocycles. The van der Waals surface area contributed by atoms with Gasteiger partial charge in [-0.25, -0.2) is 0 Å². The summed E-state index contributed by atoms with van der Waals surface area (Å²) in [5.74, 6) is 2.04. The Kier molecular flexibility index (Phi) is 13.9. The molecule has 0 radical (unpaired) electrons. The molecule has 0 spiro atoms. The largest absolute Gasteiger partial charge is 0.384 e. The van der Waals surface area contributed by atoms with Gasteiger partial charge in [-0.2, -0.15) is 0 Å². The lowest BCUT2D eigenvalue weighted by Crippen LogP contribution is -2.23. The van der Waals surface area contributed by atoms with E-state index in [2.05, 4.69) is 196 Å². The topological polar surface area (TPSA) is 12.0 Å². The summed E-state index contributed by atoms with van der Waals surface area (Å²) in [6.45, 7) is 9.26. The first-order valence-electron chi connectivity index (χ1n) is 18.1. The van der Waals surface area contributed by atoms with E-state index in [0.29, 0.717) is 29.6 Å². The molecular formula is C48H53N. The first-order chi connectivity index (χ1) is 24.1. The summed E-state index contributed by atoms with van der Waals surface area (Å²) in [4.78, 5) is 0. The van der Waals surface area contributed by atoms with E-state index in [4.69, 9.17) is 0 Å². The van der Waals surface area contributed by atoms with Crippen LogP contribution in [0, 0.1) is 0 Å². The second-order valence-electron chi connectivity index (χ2n) is 13.4. The highest BCUT2D eigenvalue weighted by Gasteiger charge is 2.28. The molecule has 1 N–H and O–H groups in total. The molecule has 5 aromatic rings. The average molecular weight is 644 g/mol. The molecule has 0 aliphatic carbocycles. The van der Waals surface area contributed by atoms with Crippen molar-refractivity contribution >= 4 is 0 Å². The molecule has 49 heavy (non-hydrogen) atoms. The van der Waals surface area contributed by atoms with Crippen molar-refractivity contribution in [2.45, 2.75) is 69.1 Å². The van der Waals surface area contributed by atoms with Gasteiger partial charge in [-0.05, 0) is 96.2 Å². The van der Waals surface area contributed by atoms with Gasteiger partial charge in [-0.3, -0.25) is 0 Å². The van der Waals surface area contributed by atoms with Crippen LogP contribution in [0.3, 0.4) is 0 Å². The Morgan fingerprint density at radius 1 is 0.510 bits per heavy atom. The van der Waals surface area contributed by atoms with Crippen molar-refractivity contribution in [3.05, 3.63) is 216 Å². The second-order valence-corrected chi connectivity index (χ2v) is 13.4. The standard InChI is InChI=1S/C48H53N/c1-4-21-48(22-5-2)49-37-47(43-31-19-10-20-32-43)36-46(42-29-17-9-18-30-42)35-45(41-27-15-8-16-28-41)34-44(40-25-13-7-14-26-40)33-38(3)39-23-11-6-12-24-39/h4-32,38,44-47,49H,1,33-37H2,2-3H3/b22-5-,48-21+. The van der Waals surface area contributed by atoms with Crippen molar-refractivity contribution in [3.63, 3.8) is 0 Å². The summed E-state index contributed by atoms with van der Waals surface area (Å²) < 4.78 is 0. The molecule has 1 nitrogen and oxygen atoms in total. The van der Waals surface area contributed by atoms with Crippen molar-refractivity contribution in [1.29, 1.82) is 0 Å². The molecule has 5 rings (SSSR count). The fourth-order valence-electron chi connectivity index (χ4n) is 7.44. The fourth-order valence-corrected chi connectivity index (χ4v) is 7.44. The molecule has 0 saturated carbocycles. The quantitative estimate of drug-likeness (QED) is 0.0937. The zero-order chi connectivity index (χ0) is 34.1. The van der Waals surface area contributed by atoms with Crippen molar-refractivity contribution in [2.24, 2.45) is 0 Å². The van der Waals surface area contributed by atoms with Crippen LogP contribution in [0.5, 0.6) is 0 Å². The summed E-state index contributed by atoms with van der Waals surface area (Å²) in [5.41, 5.74) is 8.20. The maximum absolute atomic E-state index is 3.95. The molecule has 1 heteroatoms. The zero-order valence-corrected chi connectivity index (χ0v) is 29.4. The summed E-state index contributed by atoms with van der Waals surface area (Å²) in [5, 5.41) is 3.76. The minimum absolute atomic E-state index is 0.337. The van der Waals surface area contributed by atoms with Crippen LogP contribution in [-0.4, -0.2) is 6.54 Å². The Labute approximate surface area is 296 Å². The van der Waals surface area contributed by atoms with Crippen LogP contribution in [-0.2, 0) is 0 Å². The van der Waals surface area contributed by atoms with Gasteiger partial charge >= 0.3 is 0 Å². The molecule has 0 aliphatic rings. The molecular weight excluding hydrogens is 591 g/mol. The van der Waals surface area contributed by atoms with Crippen LogP contribution < -0.4 is 5.32 Å². The molecule has 5 unspecified atom stereocenters. The SMILES string of the molecule is C=C/C=C(\C=C/C)NCC(CC(CC(CC(CC(C)c1ccccc1)c1ccccc1)c1ccccc1)c1ccccc1)c1ccccc1. The van der Waals surface area contributed by atoms with Gasteiger partial charge in [0, 0.05) is 18.2 Å². The normalized spacial score (nSPS) is 14.9. The Morgan fingerprint density at radius 3 is 1.24 bits per heavy atom. The Morgan fingerprint density at radius 2 is 0.857 bits per heavy atom. The molecule has 0 heterocycles. The fraction of sp³-hybridized carbons (Fsp3) is 0.250. The van der Waals surface area contributed by atoms with Gasteiger partial charge in [0.2, 0.25) is 0 Å². The Hall–Kier alpha value is -4.88. The van der Waals surface area contributed by atoms with Gasteiger partial charge in [0.15, 0.2) is 0 Å². The van der Waals surface area contributed by atoms with Gasteiger partial charge < -0.3 is 5.32 Å². The number of allylic oxidation sites excluding steroid dienone is 4. The highest BCUT2D eigenvalue weighted by molar-refractivity contribution is 5.30. The van der Waals surface area contributed by atoms with E-state index < -0.39 is 0 Å². The average Bonchev–Trinajstić information content (AvgIpc) is 3.17. The lowest BCUT2D eigenvalue weighted by Gasteiger charge is -2.32. The number of benzene rings is 5. The molecule has 0 amide bonds. The van der Waals surface area contributed by atoms with Crippen LogP contribution in [0.25, 0.3) is 0 Å². The predicted molar refractivity (Wildman–Crippen MR) is 211 cm³/mol. The van der Waals surface area contributed by atoms with E-state index in [1.165, 1.54) is 27.8 Å². The van der Waals surface area contributed by atoms with Crippen LogP contribution in [0.4, 0.5) is 0 Å². The molecule has 5 atom stereocenters. The van der Waals surface area contributed by atoms with E-state index in [9.17, 15) is 0 Å². The zero-order valence-electron chi connectivity index (χ0n) is 29.4. The van der Waals surface area contributed by atoms with Crippen molar-refractivity contribution < 1.29 is 0 Å². The number of rotatable bonds is 18. The van der Waals surface area contributed by atoms with Crippen LogP contribution in [0.1, 0.15) is 96.9 Å². The van der Waals surface area contributed by atoms with Crippen molar-refractivity contribution in [3.8, 4) is 0 Å². The van der Waals surface area contributed by atoms with E-state index in [0.717, 1.165) is 37.9 Å². The Bertz CT molecular complexity index is 1690. The van der Waals surface area contributed by atoms with Crippen molar-refractivity contribution in [1.82, 2.24) is 5.32 Å². The first kappa shape index (κ1) is 35.4. The van der Waals surface area contributed by atoms with Gasteiger partial charge in [0.1, 0.15) is 0 Å². The highest BCUT2D eigenvalue weighted by Crippen LogP contribution is 2.43. The maximum Gasteiger partial charge on any atom is 0.0336 e. The molecule has 0 bridgehead atoms. The molecule has 250 valence electrons. The van der Waals surface area contributed by atoms with E-state index in [1.54, 1.807) is 0 Å². The third-order valence-electron chi connectivity index (χ3n) is 9.99. The third kappa shape index (κ3) is 10.8. The summed E-state index contributed by atoms with van der Waals surface area (Å²) in [7, 11) is 0. The maximum atomic E-state index is 3.95. The Balaban J connectivity index is 1.49. The van der Waals surface area contributed by atoms with E-state index in [-0.39, 0.29) is 0 Å². The van der Waals surface area contributed by atoms with Gasteiger partial charge in [-0.15, -0.1) is 0 Å². The summed E-state index contributed by atoms with van der Waals surface area (Å²) in [6.07, 6.45) is 12.5. The smallest absolute Gasteiger partial charge is 0.0336 e. The van der Waals surface area contributed by atoms with Crippen LogP contribution >= 0.6 is 0 Å². The van der Waals surface area contributed by atoms with Gasteiger partial charge in [0.05, 0.1) is 0 Å². The lowest BCUT2D eigenvalue weighted by atomic mass is 9.73. The monoisotopic (exact) mass is 643 g/mol. The molecule has 0 fully saturated rings. The van der Waals surface area contributed by atoms with Crippen LogP contribution in [0.2, 0.25) is 0 Å². The molecule has 0 aromatic heterocycles. The molecule has 5 aromatic carbocycles. The predicted octanol–water partition coefficient (Wildman–Crippen LogP) is 12.7. The highest BCUT2D eigenvalue weighted by atomic mass is 14.9. The van der Waals surface area contributed by atoms with E-state index in [1.807, 2.05) is 6.08 Å². The number of hydrogen-bond donors (Lipinski definition) is 1. The number of hydrogen-bond acceptors (Lipinski definition) is 1. The number of nitrogens with one attached hydrogen (secondary N) is 1.